The van der Waals surface area contributed by atoms with Gasteiger partial charge in [-0.25, -0.2) is 0 Å². The molecule has 0 saturated heterocycles. The van der Waals surface area contributed by atoms with Crippen LogP contribution in [0.25, 0.3) is 0 Å². The molecule has 0 bridgehead atoms. The van der Waals surface area contributed by atoms with Crippen LogP contribution in [0.4, 0.5) is 0 Å². The molecule has 2 aromatic rings. The lowest BCUT2D eigenvalue weighted by molar-refractivity contribution is 0.386. The van der Waals surface area contributed by atoms with E-state index in [1.165, 1.54) is 9.13 Å². The molecule has 2 nitrogen and oxygen atoms in total. The predicted molar refractivity (Wildman–Crippen MR) is 97.2 cm³/mol. The lowest BCUT2D eigenvalue weighted by Gasteiger charge is -2.17. The van der Waals surface area contributed by atoms with Crippen molar-refractivity contribution >= 4 is 54.5 Å². The van der Waals surface area contributed by atoms with Crippen molar-refractivity contribution in [3.63, 3.8) is 0 Å². The van der Waals surface area contributed by atoms with Crippen molar-refractivity contribution in [1.82, 2.24) is 0 Å². The first kappa shape index (κ1) is 16.1. The fourth-order valence-corrected chi connectivity index (χ4v) is 3.64. The molecule has 0 amide bonds. The van der Waals surface area contributed by atoms with Crippen molar-refractivity contribution < 1.29 is 9.47 Å². The Morgan fingerprint density at radius 1 is 1.00 bits per heavy atom. The van der Waals surface area contributed by atoms with Gasteiger partial charge < -0.3 is 9.47 Å². The lowest BCUT2D eigenvalue weighted by atomic mass is 10.0. The van der Waals surface area contributed by atoms with Crippen LogP contribution < -0.4 is 9.47 Å². The quantitative estimate of drug-likeness (QED) is 0.395. The van der Waals surface area contributed by atoms with Gasteiger partial charge in [-0.1, -0.05) is 34.1 Å². The van der Waals surface area contributed by atoms with Crippen molar-refractivity contribution in [2.75, 3.05) is 14.2 Å². The van der Waals surface area contributed by atoms with E-state index in [1.807, 2.05) is 12.1 Å². The molecular formula is C15H13Br2IO2. The van der Waals surface area contributed by atoms with Crippen LogP contribution in [0.2, 0.25) is 0 Å². The van der Waals surface area contributed by atoms with Crippen molar-refractivity contribution in [2.45, 2.75) is 4.83 Å². The van der Waals surface area contributed by atoms with Crippen molar-refractivity contribution in [3.05, 3.63) is 55.6 Å². The smallest absolute Gasteiger partial charge is 0.141 e. The summed E-state index contributed by atoms with van der Waals surface area (Å²) in [6.45, 7) is 0. The second-order valence-electron chi connectivity index (χ2n) is 4.12. The zero-order valence-electron chi connectivity index (χ0n) is 11.0. The Bertz CT molecular complexity index is 600. The summed E-state index contributed by atoms with van der Waals surface area (Å²) in [7, 11) is 3.31. The number of hydrogen-bond acceptors (Lipinski definition) is 2. The average molecular weight is 512 g/mol. The number of methoxy groups -OCH3 is 2. The van der Waals surface area contributed by atoms with Gasteiger partial charge in [0.25, 0.3) is 0 Å². The van der Waals surface area contributed by atoms with Gasteiger partial charge in [0, 0.05) is 9.13 Å². The monoisotopic (exact) mass is 510 g/mol. The molecule has 0 fully saturated rings. The van der Waals surface area contributed by atoms with Crippen LogP contribution in [-0.4, -0.2) is 14.2 Å². The third-order valence-corrected chi connectivity index (χ3v) is 5.44. The van der Waals surface area contributed by atoms with Gasteiger partial charge in [-0.2, -0.15) is 0 Å². The van der Waals surface area contributed by atoms with E-state index in [-0.39, 0.29) is 4.83 Å². The Morgan fingerprint density at radius 3 is 2.20 bits per heavy atom. The Kier molecular flexibility index (Phi) is 5.74. The summed E-state index contributed by atoms with van der Waals surface area (Å²) in [5.41, 5.74) is 2.24. The van der Waals surface area contributed by atoms with E-state index >= 15 is 0 Å². The molecule has 0 radical (unpaired) electrons. The normalized spacial score (nSPS) is 12.1. The van der Waals surface area contributed by atoms with Gasteiger partial charge in [0.15, 0.2) is 0 Å². The molecule has 1 atom stereocenters. The van der Waals surface area contributed by atoms with Crippen LogP contribution in [0, 0.1) is 3.57 Å². The third kappa shape index (κ3) is 3.31. The molecular weight excluding hydrogens is 499 g/mol. The summed E-state index contributed by atoms with van der Waals surface area (Å²) < 4.78 is 12.9. The summed E-state index contributed by atoms with van der Waals surface area (Å²) >= 11 is 9.58. The van der Waals surface area contributed by atoms with Gasteiger partial charge in [0.1, 0.15) is 16.0 Å². The Morgan fingerprint density at radius 2 is 1.65 bits per heavy atom. The van der Waals surface area contributed by atoms with Gasteiger partial charge in [0.2, 0.25) is 0 Å². The van der Waals surface area contributed by atoms with Crippen LogP contribution in [0.1, 0.15) is 16.0 Å². The molecule has 2 aromatic carbocycles. The summed E-state index contributed by atoms with van der Waals surface area (Å²) in [6, 6.07) is 12.4. The van der Waals surface area contributed by atoms with Crippen LogP contribution in [0.15, 0.2) is 40.9 Å². The van der Waals surface area contributed by atoms with Crippen LogP contribution in [0.3, 0.4) is 0 Å². The fourth-order valence-electron chi connectivity index (χ4n) is 1.93. The molecule has 1 unspecified atom stereocenters. The number of alkyl halides is 1. The van der Waals surface area contributed by atoms with Gasteiger partial charge in [-0.05, 0) is 62.3 Å². The highest BCUT2D eigenvalue weighted by Gasteiger charge is 2.19. The topological polar surface area (TPSA) is 18.5 Å². The molecule has 0 aliphatic carbocycles. The first-order valence-corrected chi connectivity index (χ1v) is 8.67. The molecule has 106 valence electrons. The maximum absolute atomic E-state index is 5.53. The number of halogens is 3. The molecule has 2 rings (SSSR count). The zero-order valence-corrected chi connectivity index (χ0v) is 16.3. The molecule has 0 spiro atoms. The Hall–Kier alpha value is -0.270. The van der Waals surface area contributed by atoms with E-state index in [2.05, 4.69) is 78.7 Å². The van der Waals surface area contributed by atoms with Crippen LogP contribution in [-0.2, 0) is 0 Å². The van der Waals surface area contributed by atoms with Crippen molar-refractivity contribution in [2.24, 2.45) is 0 Å². The molecule has 0 aromatic heterocycles. The molecule has 20 heavy (non-hydrogen) atoms. The van der Waals surface area contributed by atoms with Crippen LogP contribution >= 0.6 is 54.5 Å². The number of hydrogen-bond donors (Lipinski definition) is 0. The minimum absolute atomic E-state index is 0.0663. The predicted octanol–water partition coefficient (Wildman–Crippen LogP) is 5.56. The SMILES string of the molecule is COc1ccc(C(Br)c2ccc(I)cc2)c(OC)c1Br. The zero-order chi connectivity index (χ0) is 14.7. The minimum Gasteiger partial charge on any atom is -0.495 e. The number of rotatable bonds is 4. The Balaban J connectivity index is 2.46. The third-order valence-electron chi connectivity index (χ3n) is 2.95. The number of ether oxygens (including phenoxy) is 2. The second kappa shape index (κ2) is 7.13. The minimum atomic E-state index is 0.0663. The van der Waals surface area contributed by atoms with E-state index in [4.69, 9.17) is 9.47 Å². The first-order valence-electron chi connectivity index (χ1n) is 5.88. The van der Waals surface area contributed by atoms with Crippen LogP contribution in [0.5, 0.6) is 11.5 Å². The summed E-state index contributed by atoms with van der Waals surface area (Å²) in [5.74, 6) is 1.54. The molecule has 0 aliphatic heterocycles. The standard InChI is InChI=1S/C15H13Br2IO2/c1-19-12-8-7-11(15(20-2)14(12)17)13(16)9-3-5-10(18)6-4-9/h3-8,13H,1-2H3. The van der Waals surface area contributed by atoms with E-state index in [0.29, 0.717) is 0 Å². The summed E-state index contributed by atoms with van der Waals surface area (Å²) in [6.07, 6.45) is 0. The maximum atomic E-state index is 5.53. The summed E-state index contributed by atoms with van der Waals surface area (Å²) in [4.78, 5) is 0.0663. The van der Waals surface area contributed by atoms with Gasteiger partial charge >= 0.3 is 0 Å². The van der Waals surface area contributed by atoms with Crippen molar-refractivity contribution in [1.29, 1.82) is 0 Å². The van der Waals surface area contributed by atoms with Gasteiger partial charge in [-0.15, -0.1) is 0 Å². The number of benzene rings is 2. The van der Waals surface area contributed by atoms with E-state index in [1.54, 1.807) is 14.2 Å². The second-order valence-corrected chi connectivity index (χ2v) is 7.07. The Labute approximate surface area is 149 Å². The lowest BCUT2D eigenvalue weighted by Crippen LogP contribution is -1.99. The highest BCUT2D eigenvalue weighted by molar-refractivity contribution is 14.1. The van der Waals surface area contributed by atoms with Crippen molar-refractivity contribution in [3.8, 4) is 11.5 Å². The van der Waals surface area contributed by atoms with E-state index in [0.717, 1.165) is 21.5 Å². The average Bonchev–Trinajstić information content (AvgIpc) is 2.47. The van der Waals surface area contributed by atoms with Gasteiger partial charge in [-0.3, -0.25) is 0 Å². The molecule has 0 saturated carbocycles. The summed E-state index contributed by atoms with van der Waals surface area (Å²) in [5, 5.41) is 0. The van der Waals surface area contributed by atoms with E-state index in [9.17, 15) is 0 Å². The molecule has 5 heteroatoms. The highest BCUT2D eigenvalue weighted by Crippen LogP contribution is 2.44. The highest BCUT2D eigenvalue weighted by atomic mass is 127. The maximum Gasteiger partial charge on any atom is 0.141 e. The van der Waals surface area contributed by atoms with Gasteiger partial charge in [0.05, 0.1) is 19.0 Å². The molecule has 0 heterocycles. The first-order chi connectivity index (χ1) is 9.58. The van der Waals surface area contributed by atoms with E-state index < -0.39 is 0 Å². The largest absolute Gasteiger partial charge is 0.495 e. The fraction of sp³-hybridized carbons (Fsp3) is 0.200. The molecule has 0 N–H and O–H groups in total. The molecule has 0 aliphatic rings.